The van der Waals surface area contributed by atoms with Gasteiger partial charge in [0.25, 0.3) is 0 Å². The summed E-state index contributed by atoms with van der Waals surface area (Å²) in [6.45, 7) is 5.50. The van der Waals surface area contributed by atoms with Crippen molar-refractivity contribution in [3.05, 3.63) is 52.3 Å². The third-order valence-corrected chi connectivity index (χ3v) is 8.68. The summed E-state index contributed by atoms with van der Waals surface area (Å²) in [5, 5.41) is 0. The molecule has 5 heteroatoms. The van der Waals surface area contributed by atoms with Crippen LogP contribution in [0.25, 0.3) is 4.91 Å². The van der Waals surface area contributed by atoms with E-state index in [0.717, 1.165) is 6.08 Å². The van der Waals surface area contributed by atoms with Crippen molar-refractivity contribution >= 4 is 22.8 Å². The minimum Gasteiger partial charge on any atom is -0.219 e. The molecule has 1 aliphatic heterocycles. The molecule has 0 N–H and O–H groups in total. The van der Waals surface area contributed by atoms with Gasteiger partial charge in [-0.1, -0.05) is 50.0 Å². The Labute approximate surface area is 108 Å². The molecule has 0 saturated heterocycles. The lowest BCUT2D eigenvalue weighted by atomic mass is 10.2. The molecule has 0 amide bonds. The number of hydrogen-bond donors (Lipinski definition) is 0. The Hall–Kier alpha value is -1.20. The zero-order valence-electron chi connectivity index (χ0n) is 10.6. The molecule has 0 atom stereocenters. The third-order valence-electron chi connectivity index (χ3n) is 2.77. The Kier molecular flexibility index (Phi) is 3.07. The summed E-state index contributed by atoms with van der Waals surface area (Å²) >= 11 is 0. The van der Waals surface area contributed by atoms with E-state index >= 15 is 0 Å². The average molecular weight is 282 g/mol. The predicted octanol–water partition coefficient (Wildman–Crippen LogP) is 3.51. The van der Waals surface area contributed by atoms with Gasteiger partial charge in [-0.15, -0.1) is 0 Å². The SMILES string of the molecule is C[Si](C)(C)C1=C(F)C=C(c2ccccc2)S1(=O)=O. The van der Waals surface area contributed by atoms with Crippen LogP contribution in [0.5, 0.6) is 0 Å². The zero-order chi connectivity index (χ0) is 13.6. The Morgan fingerprint density at radius 2 is 1.61 bits per heavy atom. The quantitative estimate of drug-likeness (QED) is 0.778. The monoisotopic (exact) mass is 282 g/mol. The van der Waals surface area contributed by atoms with E-state index in [2.05, 4.69) is 0 Å². The summed E-state index contributed by atoms with van der Waals surface area (Å²) in [5.74, 6) is -0.590. The van der Waals surface area contributed by atoms with Crippen molar-refractivity contribution in [1.29, 1.82) is 0 Å². The number of benzene rings is 1. The topological polar surface area (TPSA) is 34.1 Å². The fourth-order valence-corrected chi connectivity index (χ4v) is 7.68. The molecule has 18 heavy (non-hydrogen) atoms. The van der Waals surface area contributed by atoms with Crippen LogP contribution in [0.2, 0.25) is 19.6 Å². The van der Waals surface area contributed by atoms with Gasteiger partial charge in [0, 0.05) is 0 Å². The first kappa shape index (κ1) is 13.2. The smallest absolute Gasteiger partial charge is 0.202 e. The Morgan fingerprint density at radius 1 is 1.06 bits per heavy atom. The Morgan fingerprint density at radius 3 is 2.06 bits per heavy atom. The average Bonchev–Trinajstić information content (AvgIpc) is 2.49. The van der Waals surface area contributed by atoms with E-state index in [4.69, 9.17) is 0 Å². The van der Waals surface area contributed by atoms with Gasteiger partial charge in [0.15, 0.2) is 0 Å². The number of sulfone groups is 1. The van der Waals surface area contributed by atoms with Gasteiger partial charge in [-0.25, -0.2) is 12.8 Å². The molecule has 2 nitrogen and oxygen atoms in total. The molecule has 0 aromatic heterocycles. The first-order chi connectivity index (χ1) is 8.24. The van der Waals surface area contributed by atoms with Crippen molar-refractivity contribution in [3.63, 3.8) is 0 Å². The molecule has 1 heterocycles. The second-order valence-electron chi connectivity index (χ2n) is 5.31. The molecule has 1 aromatic carbocycles. The fourth-order valence-electron chi connectivity index (χ4n) is 2.10. The molecular weight excluding hydrogens is 267 g/mol. The third kappa shape index (κ3) is 2.08. The van der Waals surface area contributed by atoms with Gasteiger partial charge in [-0.2, -0.15) is 0 Å². The summed E-state index contributed by atoms with van der Waals surface area (Å²) < 4.78 is 38.8. The van der Waals surface area contributed by atoms with E-state index in [1.807, 2.05) is 19.6 Å². The van der Waals surface area contributed by atoms with E-state index in [1.54, 1.807) is 30.3 Å². The van der Waals surface area contributed by atoms with Crippen LogP contribution in [-0.2, 0) is 9.84 Å². The molecule has 1 aromatic rings. The van der Waals surface area contributed by atoms with Crippen molar-refractivity contribution in [2.75, 3.05) is 0 Å². The summed E-state index contributed by atoms with van der Waals surface area (Å²) in [5.41, 5.74) is 0.543. The number of halogens is 1. The van der Waals surface area contributed by atoms with Crippen LogP contribution in [0.15, 0.2) is 46.8 Å². The van der Waals surface area contributed by atoms with Crippen LogP contribution in [0, 0.1) is 0 Å². The van der Waals surface area contributed by atoms with Crippen molar-refractivity contribution in [3.8, 4) is 0 Å². The van der Waals surface area contributed by atoms with E-state index in [1.165, 1.54) is 0 Å². The van der Waals surface area contributed by atoms with Crippen LogP contribution >= 0.6 is 0 Å². The second-order valence-corrected chi connectivity index (χ2v) is 12.5. The lowest BCUT2D eigenvalue weighted by molar-refractivity contribution is 0.611. The maximum absolute atomic E-state index is 14.0. The maximum Gasteiger partial charge on any atom is 0.202 e. The maximum atomic E-state index is 14.0. The molecule has 0 spiro atoms. The zero-order valence-corrected chi connectivity index (χ0v) is 12.4. The molecule has 96 valence electrons. The van der Waals surface area contributed by atoms with Gasteiger partial charge in [-0.3, -0.25) is 0 Å². The molecular formula is C13H15FO2SSi. The van der Waals surface area contributed by atoms with Gasteiger partial charge in [-0.05, 0) is 11.6 Å². The summed E-state index contributed by atoms with van der Waals surface area (Å²) in [4.78, 5) is 0.0815. The minimum atomic E-state index is -3.66. The molecule has 0 aliphatic carbocycles. The van der Waals surface area contributed by atoms with Crippen LogP contribution < -0.4 is 0 Å². The normalized spacial score (nSPS) is 19.0. The van der Waals surface area contributed by atoms with Gasteiger partial charge < -0.3 is 0 Å². The van der Waals surface area contributed by atoms with Gasteiger partial charge in [0.1, 0.15) is 5.83 Å². The molecule has 1 aliphatic rings. The standard InChI is InChI=1S/C13H15FO2SSi/c1-18(2,3)13-11(14)9-12(17(13,15)16)10-7-5-4-6-8-10/h4-9H,1-3H3. The lowest BCUT2D eigenvalue weighted by Gasteiger charge is -2.18. The van der Waals surface area contributed by atoms with Crippen LogP contribution in [0.4, 0.5) is 4.39 Å². The molecule has 0 radical (unpaired) electrons. The highest BCUT2D eigenvalue weighted by molar-refractivity contribution is 8.06. The number of rotatable bonds is 2. The van der Waals surface area contributed by atoms with Crippen molar-refractivity contribution in [2.24, 2.45) is 0 Å². The highest BCUT2D eigenvalue weighted by Gasteiger charge is 2.41. The van der Waals surface area contributed by atoms with E-state index in [9.17, 15) is 12.8 Å². The molecule has 0 bridgehead atoms. The Balaban J connectivity index is 2.58. The van der Waals surface area contributed by atoms with Crippen molar-refractivity contribution in [2.45, 2.75) is 19.6 Å². The first-order valence-electron chi connectivity index (χ1n) is 5.67. The van der Waals surface area contributed by atoms with Crippen molar-refractivity contribution in [1.82, 2.24) is 0 Å². The largest absolute Gasteiger partial charge is 0.219 e. The Bertz CT molecular complexity index is 637. The summed E-state index contributed by atoms with van der Waals surface area (Å²) in [6, 6.07) is 8.66. The predicted molar refractivity (Wildman–Crippen MR) is 74.8 cm³/mol. The van der Waals surface area contributed by atoms with E-state index < -0.39 is 23.7 Å². The second kappa shape index (κ2) is 4.17. The van der Waals surface area contributed by atoms with E-state index in [0.29, 0.717) is 5.56 Å². The highest BCUT2D eigenvalue weighted by atomic mass is 32.2. The van der Waals surface area contributed by atoms with Crippen LogP contribution in [-0.4, -0.2) is 16.5 Å². The summed E-state index contributed by atoms with van der Waals surface area (Å²) in [6.07, 6.45) is 1.15. The minimum absolute atomic E-state index is 0.00820. The van der Waals surface area contributed by atoms with Crippen LogP contribution in [0.1, 0.15) is 5.56 Å². The van der Waals surface area contributed by atoms with Crippen LogP contribution in [0.3, 0.4) is 0 Å². The molecule has 2 rings (SSSR count). The highest BCUT2D eigenvalue weighted by Crippen LogP contribution is 2.40. The van der Waals surface area contributed by atoms with Crippen molar-refractivity contribution < 1.29 is 12.8 Å². The lowest BCUT2D eigenvalue weighted by Crippen LogP contribution is -2.29. The molecule has 0 fully saturated rings. The number of allylic oxidation sites excluding steroid dienone is 2. The molecule has 0 saturated carbocycles. The van der Waals surface area contributed by atoms with Gasteiger partial charge in [0.05, 0.1) is 17.5 Å². The first-order valence-corrected chi connectivity index (χ1v) is 10.7. The molecule has 0 unspecified atom stereocenters. The van der Waals surface area contributed by atoms with E-state index in [-0.39, 0.29) is 9.43 Å². The van der Waals surface area contributed by atoms with Gasteiger partial charge >= 0.3 is 0 Å². The number of hydrogen-bond acceptors (Lipinski definition) is 2. The summed E-state index contributed by atoms with van der Waals surface area (Å²) in [7, 11) is -5.89. The van der Waals surface area contributed by atoms with Gasteiger partial charge in [0.2, 0.25) is 9.84 Å². The fraction of sp³-hybridized carbons (Fsp3) is 0.231.